The van der Waals surface area contributed by atoms with Gasteiger partial charge in [-0.1, -0.05) is 12.1 Å². The van der Waals surface area contributed by atoms with Gasteiger partial charge in [0.1, 0.15) is 5.75 Å². The van der Waals surface area contributed by atoms with Gasteiger partial charge in [0.25, 0.3) is 5.91 Å². The number of halogens is 1. The van der Waals surface area contributed by atoms with Crippen molar-refractivity contribution in [3.05, 3.63) is 29.8 Å². The van der Waals surface area contributed by atoms with Crippen LogP contribution in [0.3, 0.4) is 0 Å². The molecule has 0 bridgehead atoms. The lowest BCUT2D eigenvalue weighted by molar-refractivity contribution is -0.137. The number of hydrogen-bond donors (Lipinski definition) is 2. The van der Waals surface area contributed by atoms with Gasteiger partial charge in [-0.25, -0.2) is 0 Å². The third-order valence-electron chi connectivity index (χ3n) is 4.19. The Morgan fingerprint density at radius 2 is 2.12 bits per heavy atom. The van der Waals surface area contributed by atoms with Gasteiger partial charge in [-0.3, -0.25) is 14.4 Å². The number of likely N-dealkylation sites (tertiary alicyclic amines) is 1. The largest absolute Gasteiger partial charge is 0.484 e. The number of ether oxygens (including phenoxy) is 1. The van der Waals surface area contributed by atoms with E-state index in [0.717, 1.165) is 12.8 Å². The zero-order valence-corrected chi connectivity index (χ0v) is 15.7. The Hall–Kier alpha value is -2.12. The quantitative estimate of drug-likeness (QED) is 0.684. The van der Waals surface area contributed by atoms with Crippen molar-refractivity contribution in [2.45, 2.75) is 19.8 Å². The van der Waals surface area contributed by atoms with Crippen molar-refractivity contribution >= 4 is 30.0 Å². The Bertz CT molecular complexity index is 639. The van der Waals surface area contributed by atoms with E-state index in [9.17, 15) is 14.4 Å². The maximum Gasteiger partial charge on any atom is 0.260 e. The van der Waals surface area contributed by atoms with Crippen LogP contribution in [-0.2, 0) is 9.59 Å². The van der Waals surface area contributed by atoms with Crippen LogP contribution in [0.2, 0.25) is 0 Å². The summed E-state index contributed by atoms with van der Waals surface area (Å²) in [5, 5.41) is 2.77. The second-order valence-electron chi connectivity index (χ2n) is 6.13. The number of Topliss-reactive ketones (excluding diaryl/α,β-unsaturated/α-hetero) is 1. The number of carbonyl (C=O) groups excluding carboxylic acids is 3. The maximum atomic E-state index is 12.4. The number of carbonyl (C=O) groups is 3. The molecule has 7 nitrogen and oxygen atoms in total. The van der Waals surface area contributed by atoms with Gasteiger partial charge in [-0.2, -0.15) is 0 Å². The molecule has 1 aliphatic rings. The normalized spacial score (nSPS) is 16.4. The first-order chi connectivity index (χ1) is 12.0. The molecule has 1 aliphatic heterocycles. The highest BCUT2D eigenvalue weighted by Crippen LogP contribution is 2.18. The predicted molar refractivity (Wildman–Crippen MR) is 101 cm³/mol. The molecule has 0 radical (unpaired) electrons. The molecule has 2 amide bonds. The SMILES string of the molecule is CC(=O)c1cccc(OCC(=O)N2CCCC(C(=O)NCCN)C2)c1.Cl. The van der Waals surface area contributed by atoms with Gasteiger partial charge in [-0.05, 0) is 31.9 Å². The van der Waals surface area contributed by atoms with E-state index in [0.29, 0.717) is 37.5 Å². The van der Waals surface area contributed by atoms with E-state index in [1.165, 1.54) is 6.92 Å². The summed E-state index contributed by atoms with van der Waals surface area (Å²) in [5.41, 5.74) is 5.93. The van der Waals surface area contributed by atoms with Crippen LogP contribution in [0.5, 0.6) is 5.75 Å². The minimum Gasteiger partial charge on any atom is -0.484 e. The number of piperidine rings is 1. The molecule has 1 unspecified atom stereocenters. The summed E-state index contributed by atoms with van der Waals surface area (Å²) in [5.74, 6) is 0.00214. The number of benzene rings is 1. The topological polar surface area (TPSA) is 102 Å². The van der Waals surface area contributed by atoms with Crippen LogP contribution < -0.4 is 15.8 Å². The van der Waals surface area contributed by atoms with E-state index in [2.05, 4.69) is 5.32 Å². The molecule has 0 saturated carbocycles. The van der Waals surface area contributed by atoms with Crippen LogP contribution in [0.1, 0.15) is 30.1 Å². The molecule has 1 atom stereocenters. The van der Waals surface area contributed by atoms with E-state index < -0.39 is 0 Å². The average molecular weight is 384 g/mol. The lowest BCUT2D eigenvalue weighted by Crippen LogP contribution is -2.47. The maximum absolute atomic E-state index is 12.4. The zero-order chi connectivity index (χ0) is 18.2. The lowest BCUT2D eigenvalue weighted by Gasteiger charge is -2.32. The first-order valence-electron chi connectivity index (χ1n) is 8.50. The van der Waals surface area contributed by atoms with Crippen LogP contribution in [0.15, 0.2) is 24.3 Å². The predicted octanol–water partition coefficient (Wildman–Crippen LogP) is 1.00. The van der Waals surface area contributed by atoms with Crippen LogP contribution in [0.25, 0.3) is 0 Å². The summed E-state index contributed by atoms with van der Waals surface area (Å²) in [6.07, 6.45) is 1.55. The summed E-state index contributed by atoms with van der Waals surface area (Å²) >= 11 is 0. The number of rotatable bonds is 7. The molecule has 0 aromatic heterocycles. The summed E-state index contributed by atoms with van der Waals surface area (Å²) in [4.78, 5) is 37.4. The fraction of sp³-hybridized carbons (Fsp3) is 0.500. The van der Waals surface area contributed by atoms with Crippen LogP contribution in [0.4, 0.5) is 0 Å². The number of nitrogens with one attached hydrogen (secondary N) is 1. The zero-order valence-electron chi connectivity index (χ0n) is 14.9. The van der Waals surface area contributed by atoms with Crippen LogP contribution in [-0.4, -0.2) is 55.3 Å². The first-order valence-corrected chi connectivity index (χ1v) is 8.50. The molecular weight excluding hydrogens is 358 g/mol. The van der Waals surface area contributed by atoms with Gasteiger partial charge < -0.3 is 20.7 Å². The molecule has 3 N–H and O–H groups in total. The summed E-state index contributed by atoms with van der Waals surface area (Å²) in [6, 6.07) is 6.75. The number of ketones is 1. The van der Waals surface area contributed by atoms with Crippen molar-refractivity contribution in [1.82, 2.24) is 10.2 Å². The Morgan fingerprint density at radius 3 is 2.81 bits per heavy atom. The van der Waals surface area contributed by atoms with Gasteiger partial charge in [0.15, 0.2) is 12.4 Å². The van der Waals surface area contributed by atoms with Crippen LogP contribution in [0, 0.1) is 5.92 Å². The molecule has 1 aromatic rings. The second-order valence-corrected chi connectivity index (χ2v) is 6.13. The molecule has 2 rings (SSSR count). The first kappa shape index (κ1) is 21.9. The lowest BCUT2D eigenvalue weighted by atomic mass is 9.97. The summed E-state index contributed by atoms with van der Waals surface area (Å²) in [6.45, 7) is 3.22. The minimum atomic E-state index is -0.203. The van der Waals surface area contributed by atoms with Crippen molar-refractivity contribution in [2.75, 3.05) is 32.8 Å². The van der Waals surface area contributed by atoms with Crippen molar-refractivity contribution in [3.63, 3.8) is 0 Å². The van der Waals surface area contributed by atoms with Gasteiger partial charge in [-0.15, -0.1) is 12.4 Å². The molecule has 1 saturated heterocycles. The smallest absolute Gasteiger partial charge is 0.260 e. The van der Waals surface area contributed by atoms with Crippen molar-refractivity contribution < 1.29 is 19.1 Å². The number of nitrogens with two attached hydrogens (primary N) is 1. The van der Waals surface area contributed by atoms with E-state index in [-0.39, 0.29) is 42.5 Å². The third kappa shape index (κ3) is 6.31. The van der Waals surface area contributed by atoms with E-state index in [4.69, 9.17) is 10.5 Å². The standard InChI is InChI=1S/C18H25N3O4.ClH/c1-13(22)14-4-2-6-16(10-14)25-12-17(23)21-9-3-5-15(11-21)18(24)20-8-7-19;/h2,4,6,10,15H,3,5,7-9,11-12,19H2,1H3,(H,20,24);1H. The summed E-state index contributed by atoms with van der Waals surface area (Å²) in [7, 11) is 0. The van der Waals surface area contributed by atoms with Gasteiger partial charge in [0, 0.05) is 31.7 Å². The highest BCUT2D eigenvalue weighted by Gasteiger charge is 2.28. The van der Waals surface area contributed by atoms with Crippen LogP contribution >= 0.6 is 12.4 Å². The molecular formula is C18H26ClN3O4. The molecule has 26 heavy (non-hydrogen) atoms. The molecule has 1 heterocycles. The number of hydrogen-bond acceptors (Lipinski definition) is 5. The molecule has 8 heteroatoms. The molecule has 144 valence electrons. The Kier molecular flexibility index (Phi) is 9.09. The van der Waals surface area contributed by atoms with E-state index >= 15 is 0 Å². The second kappa shape index (κ2) is 10.8. The summed E-state index contributed by atoms with van der Waals surface area (Å²) < 4.78 is 5.51. The van der Waals surface area contributed by atoms with Crippen molar-refractivity contribution in [3.8, 4) is 5.75 Å². The fourth-order valence-electron chi connectivity index (χ4n) is 2.80. The molecule has 1 aromatic carbocycles. The average Bonchev–Trinajstić information content (AvgIpc) is 2.64. The van der Waals surface area contributed by atoms with Crippen molar-refractivity contribution in [1.29, 1.82) is 0 Å². The molecule has 0 aliphatic carbocycles. The van der Waals surface area contributed by atoms with Gasteiger partial charge >= 0.3 is 0 Å². The minimum absolute atomic E-state index is 0. The highest BCUT2D eigenvalue weighted by atomic mass is 35.5. The Morgan fingerprint density at radius 1 is 1.35 bits per heavy atom. The monoisotopic (exact) mass is 383 g/mol. The third-order valence-corrected chi connectivity index (χ3v) is 4.19. The highest BCUT2D eigenvalue weighted by molar-refractivity contribution is 5.94. The van der Waals surface area contributed by atoms with E-state index in [1.54, 1.807) is 29.2 Å². The van der Waals surface area contributed by atoms with E-state index in [1.807, 2.05) is 0 Å². The Balaban J connectivity index is 0.00000338. The Labute approximate surface area is 159 Å². The van der Waals surface area contributed by atoms with Gasteiger partial charge in [0.05, 0.1) is 5.92 Å². The van der Waals surface area contributed by atoms with Gasteiger partial charge in [0.2, 0.25) is 5.91 Å². The van der Waals surface area contributed by atoms with Crippen molar-refractivity contribution in [2.24, 2.45) is 11.7 Å². The molecule has 0 spiro atoms. The number of nitrogens with zero attached hydrogens (tertiary/aromatic N) is 1. The molecule has 1 fully saturated rings. The number of amides is 2. The fourth-order valence-corrected chi connectivity index (χ4v) is 2.80.